The van der Waals surface area contributed by atoms with Gasteiger partial charge in [-0.1, -0.05) is 389 Å². The molecule has 3 N–H and O–H groups in total. The first-order chi connectivity index (χ1) is 49.8. The lowest BCUT2D eigenvalue weighted by Gasteiger charge is -2.21. The van der Waals surface area contributed by atoms with Crippen LogP contribution in [-0.2, 0) is 65.4 Å². The van der Waals surface area contributed by atoms with Crippen molar-refractivity contribution in [1.82, 2.24) is 0 Å². The molecule has 0 amide bonds. The summed E-state index contributed by atoms with van der Waals surface area (Å²) in [7, 11) is -9.93. The third-order valence-electron chi connectivity index (χ3n) is 20.0. The Morgan fingerprint density at radius 1 is 0.282 bits per heavy atom. The minimum absolute atomic E-state index is 0.106. The monoisotopic (exact) mass is 1510 g/mol. The van der Waals surface area contributed by atoms with E-state index in [1.54, 1.807) is 0 Å². The van der Waals surface area contributed by atoms with Gasteiger partial charge in [0.15, 0.2) is 12.2 Å². The zero-order valence-electron chi connectivity index (χ0n) is 67.8. The van der Waals surface area contributed by atoms with Gasteiger partial charge in [0.25, 0.3) is 0 Å². The van der Waals surface area contributed by atoms with Crippen molar-refractivity contribution in [2.45, 2.75) is 458 Å². The summed E-state index contributed by atoms with van der Waals surface area (Å²) in [5.74, 6) is 0.260. The van der Waals surface area contributed by atoms with E-state index in [1.807, 2.05) is 0 Å². The molecule has 6 atom stereocenters. The number of aliphatic hydroxyl groups is 1. The van der Waals surface area contributed by atoms with Gasteiger partial charge in [0.2, 0.25) is 0 Å². The van der Waals surface area contributed by atoms with Crippen LogP contribution in [0.25, 0.3) is 0 Å². The van der Waals surface area contributed by atoms with Gasteiger partial charge in [-0.3, -0.25) is 37.3 Å². The van der Waals surface area contributed by atoms with Crippen LogP contribution in [0.4, 0.5) is 0 Å². The van der Waals surface area contributed by atoms with Crippen LogP contribution >= 0.6 is 15.6 Å². The van der Waals surface area contributed by atoms with E-state index < -0.39 is 97.5 Å². The van der Waals surface area contributed by atoms with Crippen molar-refractivity contribution in [3.8, 4) is 0 Å². The molecule has 0 aliphatic carbocycles. The number of carbonyl (C=O) groups is 4. The summed E-state index contributed by atoms with van der Waals surface area (Å²) in [5, 5.41) is 10.7. The molecule has 0 saturated carbocycles. The molecule has 612 valence electrons. The van der Waals surface area contributed by atoms with E-state index in [0.717, 1.165) is 108 Å². The fourth-order valence-corrected chi connectivity index (χ4v) is 14.6. The lowest BCUT2D eigenvalue weighted by Crippen LogP contribution is -2.30. The smallest absolute Gasteiger partial charge is 0.462 e. The van der Waals surface area contributed by atoms with Crippen molar-refractivity contribution in [1.29, 1.82) is 0 Å². The standard InChI is InChI=1S/C84H164O17P2/c1-8-10-11-12-13-14-15-16-17-23-26-29-37-44-51-58-65-81(86)94-71-79(100-83(88)67-60-53-46-38-30-27-24-21-19-18-20-22-25-28-34-41-48-55-62-75(3)4)73-98-102(90,91)96-69-78(85)70-97-103(92,93)99-74-80(72-95-82(87)66-59-52-45-40-33-35-42-49-56-63-76(5)6)101-84(89)68-61-54-47-39-32-31-36-43-50-57-64-77(7)9-2/h75-80,85H,8-74H2,1-7H3,(H,90,91)(H,92,93)/t77?,78-,79-,80-/m1/s1. The van der Waals surface area contributed by atoms with Gasteiger partial charge in [-0.25, -0.2) is 9.13 Å². The van der Waals surface area contributed by atoms with Gasteiger partial charge in [-0.05, 0) is 43.4 Å². The van der Waals surface area contributed by atoms with E-state index in [9.17, 15) is 43.2 Å². The van der Waals surface area contributed by atoms with Crippen LogP contribution in [0.2, 0.25) is 0 Å². The SMILES string of the molecule is CCCCCCCCCCCCCCCCCCC(=O)OC[C@H](COP(=O)(O)OC[C@@H](O)COP(=O)(O)OC[C@@H](COC(=O)CCCCCCCCCCCC(C)C)OC(=O)CCCCCCCCCCCCC(C)CC)OC(=O)CCCCCCCCCCCCCCCCCCCCC(C)C. The predicted octanol–water partition coefficient (Wildman–Crippen LogP) is 25.3. The van der Waals surface area contributed by atoms with E-state index >= 15 is 0 Å². The van der Waals surface area contributed by atoms with Crippen molar-refractivity contribution < 1.29 is 80.2 Å². The second-order valence-electron chi connectivity index (χ2n) is 31.4. The first-order valence-corrected chi connectivity index (χ1v) is 46.4. The predicted molar refractivity (Wildman–Crippen MR) is 423 cm³/mol. The largest absolute Gasteiger partial charge is 0.472 e. The molecule has 0 spiro atoms. The van der Waals surface area contributed by atoms with E-state index in [2.05, 4.69) is 48.5 Å². The van der Waals surface area contributed by atoms with Crippen LogP contribution in [-0.4, -0.2) is 96.7 Å². The first kappa shape index (κ1) is 101. The number of rotatable bonds is 82. The van der Waals surface area contributed by atoms with E-state index in [1.165, 1.54) is 250 Å². The minimum Gasteiger partial charge on any atom is -0.462 e. The molecule has 17 nitrogen and oxygen atoms in total. The maximum Gasteiger partial charge on any atom is 0.472 e. The van der Waals surface area contributed by atoms with Gasteiger partial charge in [0.05, 0.1) is 26.4 Å². The molecule has 0 aliphatic rings. The second kappa shape index (κ2) is 74.2. The topological polar surface area (TPSA) is 237 Å². The summed E-state index contributed by atoms with van der Waals surface area (Å²) in [4.78, 5) is 73.2. The lowest BCUT2D eigenvalue weighted by atomic mass is 9.99. The summed E-state index contributed by atoms with van der Waals surface area (Å²) in [6.07, 6.45) is 63.8. The van der Waals surface area contributed by atoms with E-state index in [-0.39, 0.29) is 25.7 Å². The van der Waals surface area contributed by atoms with Gasteiger partial charge in [0, 0.05) is 25.7 Å². The van der Waals surface area contributed by atoms with Crippen molar-refractivity contribution >= 4 is 39.5 Å². The van der Waals surface area contributed by atoms with Crippen LogP contribution in [0.5, 0.6) is 0 Å². The maximum atomic E-state index is 13.1. The van der Waals surface area contributed by atoms with Crippen molar-refractivity contribution in [3.63, 3.8) is 0 Å². The zero-order chi connectivity index (χ0) is 75.8. The summed E-state index contributed by atoms with van der Waals surface area (Å²) in [6, 6.07) is 0. The molecule has 0 bridgehead atoms. The lowest BCUT2D eigenvalue weighted by molar-refractivity contribution is -0.161. The molecule has 0 rings (SSSR count). The molecule has 0 saturated heterocycles. The third-order valence-corrected chi connectivity index (χ3v) is 21.9. The van der Waals surface area contributed by atoms with Crippen LogP contribution in [0.15, 0.2) is 0 Å². The molecule has 103 heavy (non-hydrogen) atoms. The van der Waals surface area contributed by atoms with Gasteiger partial charge in [-0.15, -0.1) is 0 Å². The molecule has 0 radical (unpaired) electrons. The number of aliphatic hydroxyl groups excluding tert-OH is 1. The highest BCUT2D eigenvalue weighted by Crippen LogP contribution is 2.45. The normalized spacial score (nSPS) is 14.2. The van der Waals surface area contributed by atoms with Gasteiger partial charge < -0.3 is 33.8 Å². The number of hydrogen-bond acceptors (Lipinski definition) is 15. The number of carbonyl (C=O) groups excluding carboxylic acids is 4. The molecule has 0 heterocycles. The highest BCUT2D eigenvalue weighted by atomic mass is 31.2. The Hall–Kier alpha value is -1.94. The van der Waals surface area contributed by atoms with Crippen molar-refractivity contribution in [2.24, 2.45) is 17.8 Å². The number of unbranched alkanes of at least 4 members (excludes halogenated alkanes) is 49. The zero-order valence-corrected chi connectivity index (χ0v) is 69.6. The maximum absolute atomic E-state index is 13.1. The fourth-order valence-electron chi connectivity index (χ4n) is 13.0. The number of phosphoric acid groups is 2. The van der Waals surface area contributed by atoms with Gasteiger partial charge in [-0.2, -0.15) is 0 Å². The van der Waals surface area contributed by atoms with Crippen LogP contribution in [0.1, 0.15) is 440 Å². The number of hydrogen-bond donors (Lipinski definition) is 3. The summed E-state index contributed by atoms with van der Waals surface area (Å²) in [6.45, 7) is 12.0. The third kappa shape index (κ3) is 76.6. The van der Waals surface area contributed by atoms with E-state index in [4.69, 9.17) is 37.0 Å². The van der Waals surface area contributed by atoms with Crippen molar-refractivity contribution in [3.05, 3.63) is 0 Å². The average molecular weight is 1510 g/mol. The number of esters is 4. The molecule has 0 fully saturated rings. The Balaban J connectivity index is 5.25. The fraction of sp³-hybridized carbons (Fsp3) is 0.952. The van der Waals surface area contributed by atoms with Gasteiger partial charge in [0.1, 0.15) is 19.3 Å². The number of ether oxygens (including phenoxy) is 4. The molecule has 0 aromatic heterocycles. The number of phosphoric ester groups is 2. The van der Waals surface area contributed by atoms with E-state index in [0.29, 0.717) is 25.7 Å². The Morgan fingerprint density at radius 3 is 0.738 bits per heavy atom. The minimum atomic E-state index is -4.96. The molecule has 3 unspecified atom stereocenters. The van der Waals surface area contributed by atoms with Crippen LogP contribution in [0, 0.1) is 17.8 Å². The molecule has 0 aliphatic heterocycles. The summed E-state index contributed by atoms with van der Waals surface area (Å²) in [5.41, 5.74) is 0. The highest BCUT2D eigenvalue weighted by Gasteiger charge is 2.30. The quantitative estimate of drug-likeness (QED) is 0.0222. The van der Waals surface area contributed by atoms with Crippen molar-refractivity contribution in [2.75, 3.05) is 39.6 Å². The molecule has 0 aromatic rings. The highest BCUT2D eigenvalue weighted by molar-refractivity contribution is 7.47. The van der Waals surface area contributed by atoms with Crippen LogP contribution in [0.3, 0.4) is 0 Å². The Morgan fingerprint density at radius 2 is 0.495 bits per heavy atom. The molecular weight excluding hydrogens is 1340 g/mol. The Kier molecular flexibility index (Phi) is 72.8. The molecular formula is C84H164O17P2. The summed E-state index contributed by atoms with van der Waals surface area (Å²) < 4.78 is 68.8. The van der Waals surface area contributed by atoms with Crippen LogP contribution < -0.4 is 0 Å². The average Bonchev–Trinajstić information content (AvgIpc) is 1.40. The Bertz CT molecular complexity index is 1990. The molecule has 0 aromatic carbocycles. The first-order valence-electron chi connectivity index (χ1n) is 43.4. The van der Waals surface area contributed by atoms with Gasteiger partial charge >= 0.3 is 39.5 Å². The summed E-state index contributed by atoms with van der Waals surface area (Å²) >= 11 is 0. The molecule has 19 heteroatoms. The Labute approximate surface area is 632 Å². The second-order valence-corrected chi connectivity index (χ2v) is 34.3.